The number of amides is 1. The maximum atomic E-state index is 13.2. The van der Waals surface area contributed by atoms with Gasteiger partial charge in [-0.2, -0.15) is 9.40 Å². The van der Waals surface area contributed by atoms with Crippen LogP contribution in [0.3, 0.4) is 0 Å². The van der Waals surface area contributed by atoms with Gasteiger partial charge in [0.05, 0.1) is 22.4 Å². The fraction of sp³-hybridized carbons (Fsp3) is 0.318. The zero-order valence-corrected chi connectivity index (χ0v) is 18.4. The molecule has 32 heavy (non-hydrogen) atoms. The Labute approximate surface area is 184 Å². The molecule has 3 aromatic rings. The quantitative estimate of drug-likeness (QED) is 0.591. The summed E-state index contributed by atoms with van der Waals surface area (Å²) in [4.78, 5) is 27.0. The second-order valence-corrected chi connectivity index (χ2v) is 9.63. The molecule has 0 N–H and O–H groups in total. The van der Waals surface area contributed by atoms with E-state index in [4.69, 9.17) is 0 Å². The third-order valence-electron chi connectivity index (χ3n) is 5.61. The number of carbonyl (C=O) groups excluding carboxylic acids is 1. The maximum absolute atomic E-state index is 13.2. The lowest BCUT2D eigenvalue weighted by atomic mass is 10.1. The minimum absolute atomic E-state index is 0.0132. The summed E-state index contributed by atoms with van der Waals surface area (Å²) in [5.41, 5.74) is 0.279. The van der Waals surface area contributed by atoms with E-state index in [9.17, 15) is 22.4 Å². The molecule has 1 aliphatic heterocycles. The van der Waals surface area contributed by atoms with Gasteiger partial charge in [0.2, 0.25) is 15.9 Å². The van der Waals surface area contributed by atoms with Crippen LogP contribution in [0.15, 0.2) is 58.2 Å². The zero-order chi connectivity index (χ0) is 22.9. The lowest BCUT2D eigenvalue weighted by molar-refractivity contribution is -0.130. The Hall–Kier alpha value is -3.11. The first-order chi connectivity index (χ1) is 15.3. The summed E-state index contributed by atoms with van der Waals surface area (Å²) in [5.74, 6) is -0.682. The minimum Gasteiger partial charge on any atom is -0.341 e. The molecule has 1 fully saturated rings. The molecule has 168 valence electrons. The van der Waals surface area contributed by atoms with Crippen LogP contribution in [0.1, 0.15) is 12.1 Å². The van der Waals surface area contributed by atoms with Gasteiger partial charge in [0.15, 0.2) is 0 Å². The van der Waals surface area contributed by atoms with E-state index in [0.717, 1.165) is 12.1 Å². The Morgan fingerprint density at radius 1 is 1.00 bits per heavy atom. The van der Waals surface area contributed by atoms with Crippen LogP contribution in [0.2, 0.25) is 0 Å². The summed E-state index contributed by atoms with van der Waals surface area (Å²) in [6, 6.07) is 11.8. The molecule has 1 amide bonds. The first kappa shape index (κ1) is 22.1. The van der Waals surface area contributed by atoms with Crippen LogP contribution in [0, 0.1) is 5.82 Å². The molecule has 1 aliphatic rings. The Morgan fingerprint density at radius 3 is 2.41 bits per heavy atom. The van der Waals surface area contributed by atoms with Crippen molar-refractivity contribution in [3.05, 3.63) is 70.4 Å². The highest BCUT2D eigenvalue weighted by atomic mass is 32.2. The summed E-state index contributed by atoms with van der Waals surface area (Å²) in [7, 11) is -2.22. The van der Waals surface area contributed by atoms with Crippen molar-refractivity contribution in [3.8, 4) is 0 Å². The van der Waals surface area contributed by atoms with E-state index in [1.54, 1.807) is 36.2 Å². The highest BCUT2D eigenvalue weighted by Crippen LogP contribution is 2.19. The van der Waals surface area contributed by atoms with Crippen LogP contribution < -0.4 is 5.56 Å². The second kappa shape index (κ2) is 8.79. The van der Waals surface area contributed by atoms with Gasteiger partial charge in [-0.1, -0.05) is 18.2 Å². The van der Waals surface area contributed by atoms with Crippen molar-refractivity contribution in [2.45, 2.75) is 17.7 Å². The number of hydrogen-bond donors (Lipinski definition) is 0. The van der Waals surface area contributed by atoms with Crippen LogP contribution >= 0.6 is 0 Å². The van der Waals surface area contributed by atoms with E-state index < -0.39 is 15.8 Å². The molecule has 0 radical (unpaired) electrons. The number of aromatic nitrogens is 2. The number of nitrogens with zero attached hydrogens (tertiary/aromatic N) is 4. The first-order valence-corrected chi connectivity index (χ1v) is 11.7. The highest BCUT2D eigenvalue weighted by molar-refractivity contribution is 7.89. The molecule has 0 atom stereocenters. The van der Waals surface area contributed by atoms with Gasteiger partial charge in [0.1, 0.15) is 5.82 Å². The van der Waals surface area contributed by atoms with Crippen molar-refractivity contribution in [3.63, 3.8) is 0 Å². The van der Waals surface area contributed by atoms with E-state index in [2.05, 4.69) is 5.10 Å². The van der Waals surface area contributed by atoms with Crippen LogP contribution in [-0.4, -0.2) is 59.5 Å². The molecule has 10 heteroatoms. The van der Waals surface area contributed by atoms with Crippen molar-refractivity contribution >= 4 is 26.7 Å². The molecular weight excluding hydrogens is 435 g/mol. The van der Waals surface area contributed by atoms with Crippen LogP contribution in [0.25, 0.3) is 10.8 Å². The largest absolute Gasteiger partial charge is 0.341 e. The van der Waals surface area contributed by atoms with Crippen molar-refractivity contribution in [1.29, 1.82) is 0 Å². The summed E-state index contributed by atoms with van der Waals surface area (Å²) in [6.45, 7) is 1.07. The van der Waals surface area contributed by atoms with Gasteiger partial charge in [0.25, 0.3) is 5.56 Å². The molecule has 0 bridgehead atoms. The lowest BCUT2D eigenvalue weighted by Crippen LogP contribution is -2.38. The summed E-state index contributed by atoms with van der Waals surface area (Å²) < 4.78 is 41.5. The van der Waals surface area contributed by atoms with E-state index in [1.807, 2.05) is 0 Å². The predicted molar refractivity (Wildman–Crippen MR) is 117 cm³/mol. The smallest absolute Gasteiger partial charge is 0.274 e. The number of fused-ring (bicyclic) bond motifs is 1. The monoisotopic (exact) mass is 458 g/mol. The Morgan fingerprint density at radius 2 is 1.69 bits per heavy atom. The van der Waals surface area contributed by atoms with Gasteiger partial charge < -0.3 is 4.90 Å². The highest BCUT2D eigenvalue weighted by Gasteiger charge is 2.28. The topological polar surface area (TPSA) is 92.6 Å². The molecule has 0 spiro atoms. The van der Waals surface area contributed by atoms with E-state index >= 15 is 0 Å². The van der Waals surface area contributed by atoms with Gasteiger partial charge in [-0.05, 0) is 36.8 Å². The van der Waals surface area contributed by atoms with Gasteiger partial charge in [-0.25, -0.2) is 17.5 Å². The molecule has 2 aromatic carbocycles. The fourth-order valence-corrected chi connectivity index (χ4v) is 5.37. The summed E-state index contributed by atoms with van der Waals surface area (Å²) in [6.07, 6.45) is 0.493. The van der Waals surface area contributed by atoms with Crippen LogP contribution in [0.5, 0.6) is 0 Å². The third kappa shape index (κ3) is 4.28. The standard InChI is InChI=1S/C22H23FN4O4S/c1-25-22(29)19-6-3-2-5-18(19)20(24-25)15-21(28)26-11-4-12-27(14-13-26)32(30,31)17-9-7-16(23)8-10-17/h2-3,5-10H,4,11-15H2,1H3. The van der Waals surface area contributed by atoms with E-state index in [-0.39, 0.29) is 42.4 Å². The van der Waals surface area contributed by atoms with E-state index in [1.165, 1.54) is 21.1 Å². The van der Waals surface area contributed by atoms with Gasteiger partial charge in [-0.15, -0.1) is 0 Å². The Balaban J connectivity index is 1.50. The fourth-order valence-electron chi connectivity index (χ4n) is 3.90. The number of sulfonamides is 1. The molecule has 1 saturated heterocycles. The van der Waals surface area contributed by atoms with Gasteiger partial charge in [0, 0.05) is 38.6 Å². The molecule has 0 aliphatic carbocycles. The van der Waals surface area contributed by atoms with Crippen LogP contribution in [-0.2, 0) is 28.3 Å². The van der Waals surface area contributed by atoms with Crippen molar-refractivity contribution in [1.82, 2.24) is 19.0 Å². The lowest BCUT2D eigenvalue weighted by Gasteiger charge is -2.22. The minimum atomic E-state index is -3.77. The van der Waals surface area contributed by atoms with Crippen molar-refractivity contribution < 1.29 is 17.6 Å². The number of benzene rings is 2. The molecule has 4 rings (SSSR count). The average molecular weight is 459 g/mol. The molecule has 0 saturated carbocycles. The second-order valence-electron chi connectivity index (χ2n) is 7.69. The number of halogens is 1. The number of hydrogen-bond acceptors (Lipinski definition) is 5. The number of rotatable bonds is 4. The molecule has 1 aromatic heterocycles. The van der Waals surface area contributed by atoms with E-state index in [0.29, 0.717) is 29.4 Å². The Kier molecular flexibility index (Phi) is 6.07. The molecule has 0 unspecified atom stereocenters. The first-order valence-electron chi connectivity index (χ1n) is 10.3. The maximum Gasteiger partial charge on any atom is 0.274 e. The Bertz CT molecular complexity index is 1320. The van der Waals surface area contributed by atoms with Gasteiger partial charge in [-0.3, -0.25) is 9.59 Å². The predicted octanol–water partition coefficient (Wildman–Crippen LogP) is 1.54. The molecular formula is C22H23FN4O4S. The number of carbonyl (C=O) groups is 1. The average Bonchev–Trinajstić information content (AvgIpc) is 3.05. The zero-order valence-electron chi connectivity index (χ0n) is 17.6. The summed E-state index contributed by atoms with van der Waals surface area (Å²) in [5, 5.41) is 5.42. The third-order valence-corrected chi connectivity index (χ3v) is 7.52. The normalized spacial score (nSPS) is 15.6. The molecule has 2 heterocycles. The van der Waals surface area contributed by atoms with Crippen LogP contribution in [0.4, 0.5) is 4.39 Å². The van der Waals surface area contributed by atoms with Crippen molar-refractivity contribution in [2.24, 2.45) is 7.05 Å². The molecule has 8 nitrogen and oxygen atoms in total. The van der Waals surface area contributed by atoms with Crippen molar-refractivity contribution in [2.75, 3.05) is 26.2 Å². The summed E-state index contributed by atoms with van der Waals surface area (Å²) >= 11 is 0. The number of aryl methyl sites for hydroxylation is 1. The SMILES string of the molecule is Cn1nc(CC(=O)N2CCCN(S(=O)(=O)c3ccc(F)cc3)CC2)c2ccccc2c1=O. The van der Waals surface area contributed by atoms with Gasteiger partial charge >= 0.3 is 0 Å².